The van der Waals surface area contributed by atoms with Crippen LogP contribution in [-0.4, -0.2) is 10.2 Å². The van der Waals surface area contributed by atoms with Crippen LogP contribution in [0, 0.1) is 0 Å². The highest BCUT2D eigenvalue weighted by atomic mass is 79.9. The minimum Gasteiger partial charge on any atom is -0.281 e. The molecule has 4 heteroatoms. The maximum atomic E-state index is 5.85. The van der Waals surface area contributed by atoms with Gasteiger partial charge in [0, 0.05) is 10.6 Å². The van der Waals surface area contributed by atoms with E-state index in [0.717, 1.165) is 26.4 Å². The first-order valence-electron chi connectivity index (χ1n) is 5.09. The van der Waals surface area contributed by atoms with Crippen molar-refractivity contribution in [3.05, 3.63) is 39.5 Å². The molecule has 84 valence electrons. The first-order valence-corrected chi connectivity index (χ1v) is 6.26. The molecule has 0 fully saturated rings. The summed E-state index contributed by atoms with van der Waals surface area (Å²) >= 11 is 9.43. The highest BCUT2D eigenvalue weighted by molar-refractivity contribution is 9.10. The normalized spacial score (nSPS) is 11.1. The molecular formula is C12H12BrClN2. The Morgan fingerprint density at radius 3 is 2.38 bits per heavy atom. The zero-order chi connectivity index (χ0) is 11.7. The van der Waals surface area contributed by atoms with Crippen molar-refractivity contribution in [2.24, 2.45) is 0 Å². The number of benzene rings is 1. The zero-order valence-electron chi connectivity index (χ0n) is 9.09. The highest BCUT2D eigenvalue weighted by Crippen LogP contribution is 2.32. The van der Waals surface area contributed by atoms with Gasteiger partial charge in [0.05, 0.1) is 10.2 Å². The van der Waals surface area contributed by atoms with Gasteiger partial charge in [-0.05, 0) is 34.0 Å². The molecule has 1 N–H and O–H groups in total. The van der Waals surface area contributed by atoms with Crippen LogP contribution in [0.15, 0.2) is 28.7 Å². The van der Waals surface area contributed by atoms with E-state index in [4.69, 9.17) is 11.6 Å². The second-order valence-corrected chi connectivity index (χ2v) is 5.19. The fourth-order valence-electron chi connectivity index (χ4n) is 1.52. The maximum Gasteiger partial charge on any atom is 0.107 e. The van der Waals surface area contributed by atoms with Gasteiger partial charge in [-0.15, -0.1) is 0 Å². The Balaban J connectivity index is 2.45. The summed E-state index contributed by atoms with van der Waals surface area (Å²) in [5.74, 6) is 0.419. The van der Waals surface area contributed by atoms with Gasteiger partial charge < -0.3 is 0 Å². The van der Waals surface area contributed by atoms with Gasteiger partial charge in [-0.25, -0.2) is 0 Å². The van der Waals surface area contributed by atoms with Gasteiger partial charge in [0.25, 0.3) is 0 Å². The van der Waals surface area contributed by atoms with Gasteiger partial charge in [0.2, 0.25) is 0 Å². The molecule has 1 aromatic heterocycles. The summed E-state index contributed by atoms with van der Waals surface area (Å²) in [6.45, 7) is 4.26. The van der Waals surface area contributed by atoms with E-state index >= 15 is 0 Å². The Hall–Kier alpha value is -0.800. The molecule has 2 nitrogen and oxygen atoms in total. The van der Waals surface area contributed by atoms with Crippen LogP contribution >= 0.6 is 27.5 Å². The Bertz CT molecular complexity index is 488. The zero-order valence-corrected chi connectivity index (χ0v) is 11.4. The Labute approximate surface area is 108 Å². The molecule has 2 rings (SSSR count). The SMILES string of the molecule is CC(C)c1[nH]nc(-c2ccc(Cl)cc2)c1Br. The predicted molar refractivity (Wildman–Crippen MR) is 70.8 cm³/mol. The first-order chi connectivity index (χ1) is 7.59. The molecule has 0 aliphatic rings. The maximum absolute atomic E-state index is 5.85. The molecule has 0 amide bonds. The van der Waals surface area contributed by atoms with Gasteiger partial charge >= 0.3 is 0 Å². The van der Waals surface area contributed by atoms with Crippen LogP contribution in [0.4, 0.5) is 0 Å². The molecule has 0 bridgehead atoms. The van der Waals surface area contributed by atoms with E-state index in [0.29, 0.717) is 5.92 Å². The number of H-pyrrole nitrogens is 1. The smallest absolute Gasteiger partial charge is 0.107 e. The average Bonchev–Trinajstić information content (AvgIpc) is 2.61. The van der Waals surface area contributed by atoms with Crippen molar-refractivity contribution in [1.82, 2.24) is 10.2 Å². The van der Waals surface area contributed by atoms with E-state index in [2.05, 4.69) is 40.0 Å². The summed E-state index contributed by atoms with van der Waals surface area (Å²) in [6, 6.07) is 7.67. The van der Waals surface area contributed by atoms with Crippen molar-refractivity contribution < 1.29 is 0 Å². The van der Waals surface area contributed by atoms with E-state index in [9.17, 15) is 0 Å². The van der Waals surface area contributed by atoms with Crippen LogP contribution in [0.1, 0.15) is 25.5 Å². The second kappa shape index (κ2) is 4.60. The monoisotopic (exact) mass is 298 g/mol. The number of rotatable bonds is 2. The molecule has 2 aromatic rings. The Morgan fingerprint density at radius 2 is 1.88 bits per heavy atom. The van der Waals surface area contributed by atoms with Crippen molar-refractivity contribution in [2.45, 2.75) is 19.8 Å². The molecule has 0 aliphatic heterocycles. The fourth-order valence-corrected chi connectivity index (χ4v) is 2.51. The summed E-state index contributed by atoms with van der Waals surface area (Å²) in [7, 11) is 0. The van der Waals surface area contributed by atoms with E-state index < -0.39 is 0 Å². The van der Waals surface area contributed by atoms with Crippen molar-refractivity contribution in [3.8, 4) is 11.3 Å². The molecular weight excluding hydrogens is 288 g/mol. The van der Waals surface area contributed by atoms with Crippen LogP contribution in [0.3, 0.4) is 0 Å². The Kier molecular flexibility index (Phi) is 3.36. The minimum atomic E-state index is 0.419. The van der Waals surface area contributed by atoms with Crippen LogP contribution in [0.5, 0.6) is 0 Å². The largest absolute Gasteiger partial charge is 0.281 e. The fraction of sp³-hybridized carbons (Fsp3) is 0.250. The molecule has 16 heavy (non-hydrogen) atoms. The van der Waals surface area contributed by atoms with Crippen molar-refractivity contribution in [3.63, 3.8) is 0 Å². The first kappa shape index (κ1) is 11.7. The molecule has 0 spiro atoms. The van der Waals surface area contributed by atoms with Gasteiger partial charge in [-0.3, -0.25) is 5.10 Å². The lowest BCUT2D eigenvalue weighted by atomic mass is 10.1. The standard InChI is InChI=1S/C12H12BrClN2/c1-7(2)11-10(13)12(16-15-11)8-3-5-9(14)6-4-8/h3-7H,1-2H3,(H,15,16). The van der Waals surface area contributed by atoms with Gasteiger partial charge in [-0.1, -0.05) is 37.6 Å². The van der Waals surface area contributed by atoms with E-state index in [-0.39, 0.29) is 0 Å². The quantitative estimate of drug-likeness (QED) is 0.861. The van der Waals surface area contributed by atoms with E-state index in [1.807, 2.05) is 24.3 Å². The second-order valence-electron chi connectivity index (χ2n) is 3.96. The Morgan fingerprint density at radius 1 is 1.25 bits per heavy atom. The molecule has 0 radical (unpaired) electrons. The van der Waals surface area contributed by atoms with Crippen LogP contribution < -0.4 is 0 Å². The van der Waals surface area contributed by atoms with Gasteiger partial charge in [0.1, 0.15) is 5.69 Å². The average molecular weight is 300 g/mol. The molecule has 1 aromatic carbocycles. The summed E-state index contributed by atoms with van der Waals surface area (Å²) in [5, 5.41) is 8.11. The number of nitrogens with one attached hydrogen (secondary N) is 1. The molecule has 0 aliphatic carbocycles. The number of aromatic amines is 1. The van der Waals surface area contributed by atoms with E-state index in [1.165, 1.54) is 0 Å². The van der Waals surface area contributed by atoms with Crippen molar-refractivity contribution in [2.75, 3.05) is 0 Å². The molecule has 0 saturated heterocycles. The highest BCUT2D eigenvalue weighted by Gasteiger charge is 2.14. The van der Waals surface area contributed by atoms with Crippen molar-refractivity contribution >= 4 is 27.5 Å². The number of nitrogens with zero attached hydrogens (tertiary/aromatic N) is 1. The summed E-state index contributed by atoms with van der Waals surface area (Å²) < 4.78 is 1.03. The molecule has 0 unspecified atom stereocenters. The lowest BCUT2D eigenvalue weighted by Crippen LogP contribution is -1.87. The van der Waals surface area contributed by atoms with Crippen LogP contribution in [-0.2, 0) is 0 Å². The lowest BCUT2D eigenvalue weighted by molar-refractivity contribution is 0.807. The summed E-state index contributed by atoms with van der Waals surface area (Å²) in [6.07, 6.45) is 0. The third kappa shape index (κ3) is 2.15. The van der Waals surface area contributed by atoms with Gasteiger partial charge in [0.15, 0.2) is 0 Å². The predicted octanol–water partition coefficient (Wildman–Crippen LogP) is 4.62. The molecule has 0 saturated carbocycles. The summed E-state index contributed by atoms with van der Waals surface area (Å²) in [5.41, 5.74) is 3.10. The van der Waals surface area contributed by atoms with Crippen LogP contribution in [0.2, 0.25) is 5.02 Å². The minimum absolute atomic E-state index is 0.419. The number of hydrogen-bond donors (Lipinski definition) is 1. The van der Waals surface area contributed by atoms with Gasteiger partial charge in [-0.2, -0.15) is 5.10 Å². The topological polar surface area (TPSA) is 28.7 Å². The third-order valence-electron chi connectivity index (χ3n) is 2.43. The number of aromatic nitrogens is 2. The molecule has 1 heterocycles. The van der Waals surface area contributed by atoms with E-state index in [1.54, 1.807) is 0 Å². The number of hydrogen-bond acceptors (Lipinski definition) is 1. The number of halogens is 2. The van der Waals surface area contributed by atoms with Crippen LogP contribution in [0.25, 0.3) is 11.3 Å². The van der Waals surface area contributed by atoms with Crippen molar-refractivity contribution in [1.29, 1.82) is 0 Å². The summed E-state index contributed by atoms with van der Waals surface area (Å²) in [4.78, 5) is 0. The lowest BCUT2D eigenvalue weighted by Gasteiger charge is -2.02. The molecule has 0 atom stereocenters. The third-order valence-corrected chi connectivity index (χ3v) is 3.48.